The Morgan fingerprint density at radius 3 is 1.19 bits per heavy atom. The first-order valence-corrected chi connectivity index (χ1v) is 12.5. The van der Waals surface area contributed by atoms with Crippen LogP contribution in [-0.2, 0) is 35.7 Å². The zero-order valence-corrected chi connectivity index (χ0v) is 25.6. The largest absolute Gasteiger partial charge is 0.396 e. The maximum atomic E-state index is 9.36. The summed E-state index contributed by atoms with van der Waals surface area (Å²) in [6, 6.07) is 0. The fourth-order valence-electron chi connectivity index (χ4n) is 2.08. The fourth-order valence-corrected chi connectivity index (χ4v) is 2.08. The fraction of sp³-hybridized carbons (Fsp3) is 0.833. The van der Waals surface area contributed by atoms with Gasteiger partial charge in [0.25, 0.3) is 0 Å². The summed E-state index contributed by atoms with van der Waals surface area (Å²) in [7, 11) is 0. The molecule has 0 heterocycles. The molecule has 0 unspecified atom stereocenters. The molecule has 0 aromatic heterocycles. The number of hydrogen-bond acceptors (Lipinski definition) is 12. The number of nitrogens with two attached hydrogens (primary N) is 3. The predicted octanol–water partition coefficient (Wildman–Crippen LogP) is -2.64. The average Bonchev–Trinajstić information content (AvgIpc) is 2.90. The first kappa shape index (κ1) is 46.7. The maximum absolute atomic E-state index is 9.36. The van der Waals surface area contributed by atoms with E-state index in [1.807, 2.05) is 6.92 Å². The molecule has 0 aliphatic rings. The van der Waals surface area contributed by atoms with E-state index in [2.05, 4.69) is 29.1 Å². The smallest absolute Gasteiger partial charge is 0.0645 e. The third kappa shape index (κ3) is 46.1. The van der Waals surface area contributed by atoms with Crippen LogP contribution in [0.25, 0.3) is 0 Å². The molecule has 0 aromatic rings. The molecule has 0 amide bonds. The topological polar surface area (TPSA) is 214 Å². The van der Waals surface area contributed by atoms with Crippen molar-refractivity contribution in [2.24, 2.45) is 22.6 Å². The van der Waals surface area contributed by atoms with Crippen LogP contribution in [0.4, 0.5) is 0 Å². The van der Waals surface area contributed by atoms with Crippen molar-refractivity contribution < 1.29 is 56.1 Å². The first-order chi connectivity index (χ1) is 17.5. The van der Waals surface area contributed by atoms with Crippen LogP contribution in [-0.4, -0.2) is 132 Å². The summed E-state index contributed by atoms with van der Waals surface area (Å²) in [5.74, 6) is 0. The second-order valence-corrected chi connectivity index (χ2v) is 7.41. The minimum atomic E-state index is -0.300. The summed E-state index contributed by atoms with van der Waals surface area (Å²) < 4.78 is 10.8. The zero-order chi connectivity index (χ0) is 28.2. The van der Waals surface area contributed by atoms with E-state index in [9.17, 15) is 5.11 Å². The molecule has 0 spiro atoms. The van der Waals surface area contributed by atoms with Crippen LogP contribution < -0.4 is 33.2 Å². The van der Waals surface area contributed by atoms with Crippen molar-refractivity contribution in [3.05, 3.63) is 25.3 Å². The molecule has 0 saturated heterocycles. The molecule has 13 N–H and O–H groups in total. The summed E-state index contributed by atoms with van der Waals surface area (Å²) in [5.41, 5.74) is 15.1. The normalized spacial score (nSPS) is 9.95. The van der Waals surface area contributed by atoms with Crippen LogP contribution in [0.3, 0.4) is 0 Å². The van der Waals surface area contributed by atoms with Crippen LogP contribution in [0.2, 0.25) is 0 Å². The van der Waals surface area contributed by atoms with E-state index in [0.717, 1.165) is 26.1 Å². The van der Waals surface area contributed by atoms with Gasteiger partial charge in [0.2, 0.25) is 0 Å². The van der Waals surface area contributed by atoms with Crippen molar-refractivity contribution in [1.29, 1.82) is 0 Å². The molecule has 0 aromatic carbocycles. The van der Waals surface area contributed by atoms with Crippen molar-refractivity contribution in [1.82, 2.24) is 16.0 Å². The van der Waals surface area contributed by atoms with Gasteiger partial charge in [-0.25, -0.2) is 0 Å². The third-order valence-corrected chi connectivity index (χ3v) is 4.20. The zero-order valence-electron chi connectivity index (χ0n) is 23.1. The van der Waals surface area contributed by atoms with Gasteiger partial charge in [-0.2, -0.15) is 0 Å². The maximum Gasteiger partial charge on any atom is 0.0645 e. The van der Waals surface area contributed by atoms with Gasteiger partial charge < -0.3 is 63.1 Å². The van der Waals surface area contributed by atoms with Crippen molar-refractivity contribution in [3.63, 3.8) is 0 Å². The van der Waals surface area contributed by atoms with Gasteiger partial charge in [-0.15, -0.1) is 13.2 Å². The molecule has 0 rings (SSSR count). The third-order valence-electron chi connectivity index (χ3n) is 4.20. The van der Waals surface area contributed by atoms with Gasteiger partial charge in [-0.3, -0.25) is 0 Å². The summed E-state index contributed by atoms with van der Waals surface area (Å²) in [6.45, 7) is 18.0. The van der Waals surface area contributed by atoms with Crippen LogP contribution in [0.1, 0.15) is 13.3 Å². The van der Waals surface area contributed by atoms with Gasteiger partial charge in [0.05, 0.1) is 52.9 Å². The molecule has 224 valence electrons. The number of nitrogens with one attached hydrogen (secondary N) is 3. The van der Waals surface area contributed by atoms with E-state index < -0.39 is 0 Å². The molecular weight excluding hydrogens is 560 g/mol. The van der Waals surface area contributed by atoms with Crippen LogP contribution >= 0.6 is 0 Å². The van der Waals surface area contributed by atoms with Crippen molar-refractivity contribution in [3.8, 4) is 0 Å². The Kier molecular flexibility index (Phi) is 57.8. The molecule has 0 aliphatic carbocycles. The molecule has 13 heteroatoms. The van der Waals surface area contributed by atoms with Crippen LogP contribution in [0.15, 0.2) is 25.3 Å². The Hall–Kier alpha value is -0.117. The summed E-state index contributed by atoms with van der Waals surface area (Å²) in [5, 5.41) is 42.7. The van der Waals surface area contributed by atoms with E-state index in [-0.39, 0.29) is 58.0 Å². The minimum Gasteiger partial charge on any atom is -0.396 e. The Morgan fingerprint density at radius 1 is 0.676 bits per heavy atom. The monoisotopic (exact) mass is 616 g/mol. The molecule has 0 bridgehead atoms. The molecule has 0 fully saturated rings. The van der Waals surface area contributed by atoms with Gasteiger partial charge in [-0.05, 0) is 6.42 Å². The molecule has 0 radical (unpaired) electrons. The van der Waals surface area contributed by atoms with Crippen LogP contribution in [0, 0.1) is 5.41 Å². The van der Waals surface area contributed by atoms with E-state index in [4.69, 9.17) is 42.0 Å². The second-order valence-electron chi connectivity index (χ2n) is 7.41. The SMILES string of the molecule is C=CCOCC(CC)(CO)COCC=C.NCCNCCO.NCCNCCO.NCCNCCO.[Zr]. The van der Waals surface area contributed by atoms with Gasteiger partial charge in [0.1, 0.15) is 0 Å². The Balaban J connectivity index is -0.000000132. The van der Waals surface area contributed by atoms with Crippen molar-refractivity contribution in [2.75, 3.05) is 112 Å². The first-order valence-electron chi connectivity index (χ1n) is 12.5. The Bertz CT molecular complexity index is 349. The van der Waals surface area contributed by atoms with Gasteiger partial charge in [0.15, 0.2) is 0 Å². The van der Waals surface area contributed by atoms with Gasteiger partial charge >= 0.3 is 0 Å². The summed E-state index contributed by atoms with van der Waals surface area (Å²) in [6.07, 6.45) is 4.21. The Labute approximate surface area is 244 Å². The number of ether oxygens (including phenoxy) is 2. The van der Waals surface area contributed by atoms with Gasteiger partial charge in [-0.1, -0.05) is 19.1 Å². The van der Waals surface area contributed by atoms with E-state index in [0.29, 0.717) is 65.7 Å². The Morgan fingerprint density at radius 2 is 1.00 bits per heavy atom. The standard InChI is InChI=1S/C12H22O3.3C4H12N2O.Zr/c1-4-7-14-10-12(6-3,9-13)11-15-8-5-2;3*5-1-2-6-3-4-7;/h4-5,13H,1-2,6-11H2,3H3;3*6-7H,1-5H2;. The summed E-state index contributed by atoms with van der Waals surface area (Å²) in [4.78, 5) is 0. The molecular formula is C24H58N6O6Zr. The number of aliphatic hydroxyl groups excluding tert-OH is 4. The second kappa shape index (κ2) is 45.8. The van der Waals surface area contributed by atoms with Crippen molar-refractivity contribution >= 4 is 0 Å². The molecule has 0 saturated carbocycles. The molecule has 0 atom stereocenters. The van der Waals surface area contributed by atoms with Crippen LogP contribution in [0.5, 0.6) is 0 Å². The number of aliphatic hydroxyl groups is 4. The average molecular weight is 618 g/mol. The molecule has 12 nitrogen and oxygen atoms in total. The molecule has 37 heavy (non-hydrogen) atoms. The van der Waals surface area contributed by atoms with Gasteiger partial charge in [0, 0.05) is 90.5 Å². The molecule has 0 aliphatic heterocycles. The predicted molar refractivity (Wildman–Crippen MR) is 149 cm³/mol. The number of hydrogen-bond donors (Lipinski definition) is 10. The van der Waals surface area contributed by atoms with E-state index >= 15 is 0 Å². The number of rotatable bonds is 22. The minimum absolute atomic E-state index is 0. The van der Waals surface area contributed by atoms with Crippen molar-refractivity contribution in [2.45, 2.75) is 13.3 Å². The summed E-state index contributed by atoms with van der Waals surface area (Å²) >= 11 is 0. The quantitative estimate of drug-likeness (QED) is 0.0446. The van der Waals surface area contributed by atoms with E-state index in [1.54, 1.807) is 12.2 Å². The van der Waals surface area contributed by atoms with E-state index in [1.165, 1.54) is 0 Å².